The van der Waals surface area contributed by atoms with Crippen LogP contribution in [0.5, 0.6) is 0 Å². The molecule has 2 aromatic carbocycles. The van der Waals surface area contributed by atoms with Gasteiger partial charge in [0.15, 0.2) is 0 Å². The molecule has 0 aliphatic heterocycles. The molecule has 0 atom stereocenters. The van der Waals surface area contributed by atoms with E-state index >= 15 is 0 Å². The summed E-state index contributed by atoms with van der Waals surface area (Å²) in [5, 5.41) is 3.96. The highest BCUT2D eigenvalue weighted by atomic mass is 79.9. The Morgan fingerprint density at radius 3 is 2.77 bits per heavy atom. The largest absolute Gasteiger partial charge is 0.272 e. The quantitative estimate of drug-likeness (QED) is 0.452. The van der Waals surface area contributed by atoms with E-state index in [-0.39, 0.29) is 5.91 Å². The van der Waals surface area contributed by atoms with E-state index in [1.54, 1.807) is 18.0 Å². The molecule has 5 heteroatoms. The molecule has 3 nitrogen and oxygen atoms in total. The van der Waals surface area contributed by atoms with Crippen LogP contribution in [0.15, 0.2) is 64.2 Å². The number of carbonyl (C=O) groups is 1. The van der Waals surface area contributed by atoms with Crippen LogP contribution in [0.25, 0.3) is 0 Å². The SMILES string of the molecule is O=C(CSCCc1ccccc1)N/N=C\c1cccc(Br)c1. The maximum atomic E-state index is 11.7. The van der Waals surface area contributed by atoms with E-state index in [1.165, 1.54) is 5.56 Å². The van der Waals surface area contributed by atoms with Gasteiger partial charge in [-0.05, 0) is 35.4 Å². The second kappa shape index (κ2) is 9.43. The lowest BCUT2D eigenvalue weighted by Crippen LogP contribution is -2.20. The average Bonchev–Trinajstić information content (AvgIpc) is 2.53. The number of benzene rings is 2. The highest BCUT2D eigenvalue weighted by Gasteiger charge is 2.00. The van der Waals surface area contributed by atoms with E-state index in [9.17, 15) is 4.79 Å². The van der Waals surface area contributed by atoms with Crippen molar-refractivity contribution in [2.75, 3.05) is 11.5 Å². The average molecular weight is 377 g/mol. The number of carbonyl (C=O) groups excluding carboxylic acids is 1. The van der Waals surface area contributed by atoms with Crippen LogP contribution in [-0.4, -0.2) is 23.6 Å². The normalized spacial score (nSPS) is 10.8. The van der Waals surface area contributed by atoms with Gasteiger partial charge in [0, 0.05) is 4.47 Å². The van der Waals surface area contributed by atoms with Crippen LogP contribution >= 0.6 is 27.7 Å². The van der Waals surface area contributed by atoms with Gasteiger partial charge in [0.1, 0.15) is 0 Å². The van der Waals surface area contributed by atoms with E-state index in [2.05, 4.69) is 38.6 Å². The van der Waals surface area contributed by atoms with E-state index in [4.69, 9.17) is 0 Å². The molecular weight excluding hydrogens is 360 g/mol. The molecule has 22 heavy (non-hydrogen) atoms. The van der Waals surface area contributed by atoms with Crippen LogP contribution in [-0.2, 0) is 11.2 Å². The predicted octanol–water partition coefficient (Wildman–Crippen LogP) is 3.88. The minimum absolute atomic E-state index is 0.0793. The molecule has 0 heterocycles. The maximum absolute atomic E-state index is 11.7. The number of nitrogens with one attached hydrogen (secondary N) is 1. The summed E-state index contributed by atoms with van der Waals surface area (Å²) < 4.78 is 0.985. The third-order valence-corrected chi connectivity index (χ3v) is 4.31. The first-order valence-electron chi connectivity index (χ1n) is 6.93. The summed E-state index contributed by atoms with van der Waals surface area (Å²) in [5.74, 6) is 1.26. The lowest BCUT2D eigenvalue weighted by atomic mass is 10.2. The van der Waals surface area contributed by atoms with Crippen molar-refractivity contribution in [2.24, 2.45) is 5.10 Å². The van der Waals surface area contributed by atoms with Crippen LogP contribution in [0, 0.1) is 0 Å². The molecule has 0 saturated carbocycles. The Labute approximate surface area is 143 Å². The predicted molar refractivity (Wildman–Crippen MR) is 97.3 cm³/mol. The van der Waals surface area contributed by atoms with Gasteiger partial charge < -0.3 is 0 Å². The molecule has 0 aliphatic carbocycles. The van der Waals surface area contributed by atoms with Gasteiger partial charge >= 0.3 is 0 Å². The third-order valence-electron chi connectivity index (χ3n) is 2.86. The maximum Gasteiger partial charge on any atom is 0.250 e. The van der Waals surface area contributed by atoms with Gasteiger partial charge in [0.25, 0.3) is 0 Å². The number of hydrogen-bond acceptors (Lipinski definition) is 3. The Bertz CT molecular complexity index is 632. The summed E-state index contributed by atoms with van der Waals surface area (Å²) in [6.07, 6.45) is 2.61. The van der Waals surface area contributed by atoms with Crippen molar-refractivity contribution in [3.8, 4) is 0 Å². The lowest BCUT2D eigenvalue weighted by Gasteiger charge is -2.01. The molecule has 1 N–H and O–H groups in total. The smallest absolute Gasteiger partial charge is 0.250 e. The summed E-state index contributed by atoms with van der Waals surface area (Å²) >= 11 is 5.00. The monoisotopic (exact) mass is 376 g/mol. The van der Waals surface area contributed by atoms with Crippen molar-refractivity contribution in [3.05, 3.63) is 70.2 Å². The molecule has 1 amide bonds. The van der Waals surface area contributed by atoms with Gasteiger partial charge in [-0.1, -0.05) is 58.4 Å². The molecule has 0 radical (unpaired) electrons. The molecule has 0 aromatic heterocycles. The topological polar surface area (TPSA) is 41.5 Å². The fourth-order valence-corrected chi connectivity index (χ4v) is 2.99. The standard InChI is InChI=1S/C17H17BrN2OS/c18-16-8-4-7-15(11-16)12-19-20-17(21)13-22-10-9-14-5-2-1-3-6-14/h1-8,11-12H,9-10,13H2,(H,20,21)/b19-12-. The lowest BCUT2D eigenvalue weighted by molar-refractivity contribution is -0.118. The number of hydrogen-bond donors (Lipinski definition) is 1. The second-order valence-electron chi connectivity index (χ2n) is 4.64. The molecule has 2 rings (SSSR count). The molecule has 0 bridgehead atoms. The molecule has 0 saturated heterocycles. The van der Waals surface area contributed by atoms with Crippen LogP contribution in [0.3, 0.4) is 0 Å². The number of nitrogens with zero attached hydrogens (tertiary/aromatic N) is 1. The van der Waals surface area contributed by atoms with Crippen molar-refractivity contribution in [2.45, 2.75) is 6.42 Å². The number of hydrazone groups is 1. The zero-order valence-electron chi connectivity index (χ0n) is 12.0. The Morgan fingerprint density at radius 1 is 1.18 bits per heavy atom. The van der Waals surface area contributed by atoms with Gasteiger partial charge in [0.05, 0.1) is 12.0 Å². The van der Waals surface area contributed by atoms with E-state index in [0.29, 0.717) is 5.75 Å². The summed E-state index contributed by atoms with van der Waals surface area (Å²) in [6.45, 7) is 0. The molecule has 0 aliphatic rings. The second-order valence-corrected chi connectivity index (χ2v) is 6.66. The number of thioether (sulfide) groups is 1. The van der Waals surface area contributed by atoms with Crippen molar-refractivity contribution >= 4 is 39.8 Å². The van der Waals surface area contributed by atoms with Crippen LogP contribution in [0.1, 0.15) is 11.1 Å². The third kappa shape index (κ3) is 6.45. The van der Waals surface area contributed by atoms with Gasteiger partial charge in [-0.15, -0.1) is 0 Å². The number of amides is 1. The summed E-state index contributed by atoms with van der Waals surface area (Å²) in [4.78, 5) is 11.7. The van der Waals surface area contributed by atoms with Crippen molar-refractivity contribution in [3.63, 3.8) is 0 Å². The first kappa shape index (κ1) is 16.8. The molecule has 0 unspecified atom stereocenters. The van der Waals surface area contributed by atoms with Gasteiger partial charge in [0.2, 0.25) is 5.91 Å². The summed E-state index contributed by atoms with van der Waals surface area (Å²) in [5.41, 5.74) is 4.77. The zero-order valence-corrected chi connectivity index (χ0v) is 14.4. The van der Waals surface area contributed by atoms with Crippen LogP contribution in [0.2, 0.25) is 0 Å². The Balaban J connectivity index is 1.64. The Morgan fingerprint density at radius 2 is 2.00 bits per heavy atom. The van der Waals surface area contributed by atoms with Gasteiger partial charge in [-0.25, -0.2) is 5.43 Å². The fraction of sp³-hybridized carbons (Fsp3) is 0.176. The first-order valence-corrected chi connectivity index (χ1v) is 8.88. The highest BCUT2D eigenvalue weighted by molar-refractivity contribution is 9.10. The van der Waals surface area contributed by atoms with E-state index in [0.717, 1.165) is 22.2 Å². The molecular formula is C17H17BrN2OS. The molecule has 114 valence electrons. The Kier molecular flexibility index (Phi) is 7.19. The first-order chi connectivity index (χ1) is 10.7. The van der Waals surface area contributed by atoms with Crippen LogP contribution < -0.4 is 5.43 Å². The van der Waals surface area contributed by atoms with Crippen molar-refractivity contribution in [1.82, 2.24) is 5.43 Å². The van der Waals surface area contributed by atoms with Gasteiger partial charge in [-0.3, -0.25) is 4.79 Å². The molecule has 0 spiro atoms. The van der Waals surface area contributed by atoms with E-state index < -0.39 is 0 Å². The number of aryl methyl sites for hydroxylation is 1. The molecule has 0 fully saturated rings. The van der Waals surface area contributed by atoms with Crippen LogP contribution in [0.4, 0.5) is 0 Å². The Hall–Kier alpha value is -1.59. The summed E-state index contributed by atoms with van der Waals surface area (Å²) in [7, 11) is 0. The zero-order chi connectivity index (χ0) is 15.6. The highest BCUT2D eigenvalue weighted by Crippen LogP contribution is 2.10. The van der Waals surface area contributed by atoms with Crippen molar-refractivity contribution in [1.29, 1.82) is 0 Å². The number of rotatable bonds is 7. The minimum Gasteiger partial charge on any atom is -0.272 e. The van der Waals surface area contributed by atoms with E-state index in [1.807, 2.05) is 42.5 Å². The minimum atomic E-state index is -0.0793. The molecule has 2 aromatic rings. The number of halogens is 1. The van der Waals surface area contributed by atoms with Gasteiger partial charge in [-0.2, -0.15) is 16.9 Å². The fourth-order valence-electron chi connectivity index (χ4n) is 1.80. The summed E-state index contributed by atoms with van der Waals surface area (Å²) in [6, 6.07) is 18.0. The van der Waals surface area contributed by atoms with Crippen molar-refractivity contribution < 1.29 is 4.79 Å².